The lowest BCUT2D eigenvalue weighted by atomic mass is 10.0. The van der Waals surface area contributed by atoms with Crippen LogP contribution in [0.15, 0.2) is 11.4 Å². The Balaban J connectivity index is 1.93. The molecule has 17 heavy (non-hydrogen) atoms. The Kier molecular flexibility index (Phi) is 4.18. The summed E-state index contributed by atoms with van der Waals surface area (Å²) in [5, 5.41) is 5.39. The summed E-state index contributed by atoms with van der Waals surface area (Å²) in [4.78, 5) is 15.3. The predicted octanol–water partition coefficient (Wildman–Crippen LogP) is 2.16. The fourth-order valence-corrected chi connectivity index (χ4v) is 3.15. The van der Waals surface area contributed by atoms with E-state index in [1.54, 1.807) is 11.3 Å². The summed E-state index contributed by atoms with van der Waals surface area (Å²) >= 11 is 1.73. The van der Waals surface area contributed by atoms with E-state index in [1.807, 2.05) is 11.9 Å². The molecule has 1 fully saturated rings. The molecule has 1 amide bonds. The Hall–Kier alpha value is -0.870. The van der Waals surface area contributed by atoms with Gasteiger partial charge in [-0.2, -0.15) is 0 Å². The zero-order valence-corrected chi connectivity index (χ0v) is 11.3. The van der Waals surface area contributed by atoms with Crippen LogP contribution in [0.1, 0.15) is 29.7 Å². The Labute approximate surface area is 107 Å². The van der Waals surface area contributed by atoms with Gasteiger partial charge in [-0.05, 0) is 43.3 Å². The molecule has 0 bridgehead atoms. The van der Waals surface area contributed by atoms with Gasteiger partial charge in [-0.3, -0.25) is 4.79 Å². The second-order valence-electron chi connectivity index (χ2n) is 4.72. The summed E-state index contributed by atoms with van der Waals surface area (Å²) in [7, 11) is 1.90. The highest BCUT2D eigenvalue weighted by Gasteiger charge is 2.23. The summed E-state index contributed by atoms with van der Waals surface area (Å²) in [6, 6.07) is 2.14. The molecule has 0 radical (unpaired) electrons. The molecule has 4 heteroatoms. The van der Waals surface area contributed by atoms with Crippen molar-refractivity contribution >= 4 is 17.2 Å². The average molecular weight is 252 g/mol. The van der Waals surface area contributed by atoms with E-state index in [1.165, 1.54) is 16.9 Å². The highest BCUT2D eigenvalue weighted by molar-refractivity contribution is 7.10. The van der Waals surface area contributed by atoms with Crippen LogP contribution in [-0.2, 0) is 11.3 Å². The van der Waals surface area contributed by atoms with Crippen molar-refractivity contribution in [2.75, 3.05) is 13.6 Å². The third kappa shape index (κ3) is 3.07. The largest absolute Gasteiger partial charge is 0.339 e. The van der Waals surface area contributed by atoms with E-state index < -0.39 is 0 Å². The van der Waals surface area contributed by atoms with E-state index in [2.05, 4.69) is 23.7 Å². The number of amides is 1. The maximum atomic E-state index is 12.2. The van der Waals surface area contributed by atoms with Gasteiger partial charge in [0, 0.05) is 11.9 Å². The van der Waals surface area contributed by atoms with Crippen molar-refractivity contribution in [2.45, 2.75) is 38.8 Å². The van der Waals surface area contributed by atoms with Crippen LogP contribution in [0.3, 0.4) is 0 Å². The molecule has 1 aliphatic rings. The van der Waals surface area contributed by atoms with Gasteiger partial charge in [0.15, 0.2) is 0 Å². The van der Waals surface area contributed by atoms with Crippen molar-refractivity contribution in [3.05, 3.63) is 21.9 Å². The molecule has 3 nitrogen and oxygen atoms in total. The van der Waals surface area contributed by atoms with Crippen molar-refractivity contribution in [3.8, 4) is 0 Å². The van der Waals surface area contributed by atoms with Crippen LogP contribution in [-0.4, -0.2) is 30.4 Å². The number of nitrogens with one attached hydrogen (secondary N) is 1. The fourth-order valence-electron chi connectivity index (χ4n) is 2.19. The number of thiophene rings is 1. The SMILES string of the molecule is Cc1ccsc1CN(C)C(=O)[C@@H]1CCCCN1. The zero-order valence-electron chi connectivity index (χ0n) is 10.5. The summed E-state index contributed by atoms with van der Waals surface area (Å²) in [5.74, 6) is 0.234. The Morgan fingerprint density at radius 3 is 3.00 bits per heavy atom. The Bertz CT molecular complexity index is 383. The number of aryl methyl sites for hydroxylation is 1. The lowest BCUT2D eigenvalue weighted by Crippen LogP contribution is -2.46. The summed E-state index contributed by atoms with van der Waals surface area (Å²) in [6.07, 6.45) is 3.33. The van der Waals surface area contributed by atoms with Crippen LogP contribution < -0.4 is 5.32 Å². The van der Waals surface area contributed by atoms with Crippen LogP contribution in [0.25, 0.3) is 0 Å². The smallest absolute Gasteiger partial charge is 0.239 e. The van der Waals surface area contributed by atoms with Gasteiger partial charge < -0.3 is 10.2 Å². The molecular formula is C13H20N2OS. The van der Waals surface area contributed by atoms with Gasteiger partial charge in [-0.15, -0.1) is 11.3 Å². The highest BCUT2D eigenvalue weighted by atomic mass is 32.1. The van der Waals surface area contributed by atoms with Crippen LogP contribution in [0.2, 0.25) is 0 Å². The van der Waals surface area contributed by atoms with Crippen LogP contribution >= 0.6 is 11.3 Å². The molecule has 1 aliphatic heterocycles. The number of piperidine rings is 1. The number of hydrogen-bond acceptors (Lipinski definition) is 3. The van der Waals surface area contributed by atoms with Gasteiger partial charge in [0.25, 0.3) is 0 Å². The number of rotatable bonds is 3. The molecule has 0 unspecified atom stereocenters. The molecule has 0 aliphatic carbocycles. The second kappa shape index (κ2) is 5.65. The third-order valence-electron chi connectivity index (χ3n) is 3.33. The monoisotopic (exact) mass is 252 g/mol. The fraction of sp³-hybridized carbons (Fsp3) is 0.615. The number of likely N-dealkylation sites (N-methyl/N-ethyl adjacent to an activating group) is 1. The molecule has 0 spiro atoms. The predicted molar refractivity (Wildman–Crippen MR) is 71.2 cm³/mol. The normalized spacial score (nSPS) is 20.2. The highest BCUT2D eigenvalue weighted by Crippen LogP contribution is 2.18. The minimum absolute atomic E-state index is 0.0361. The van der Waals surface area contributed by atoms with Crippen LogP contribution in [0, 0.1) is 6.92 Å². The molecule has 1 saturated heterocycles. The molecule has 0 aromatic carbocycles. The van der Waals surface area contributed by atoms with Gasteiger partial charge >= 0.3 is 0 Å². The lowest BCUT2D eigenvalue weighted by Gasteiger charge is -2.27. The topological polar surface area (TPSA) is 32.3 Å². The maximum absolute atomic E-state index is 12.2. The first-order valence-electron chi connectivity index (χ1n) is 6.20. The molecule has 94 valence electrons. The first-order chi connectivity index (χ1) is 8.18. The lowest BCUT2D eigenvalue weighted by molar-refractivity contribution is -0.133. The molecule has 0 saturated carbocycles. The molecule has 1 aromatic heterocycles. The van der Waals surface area contributed by atoms with Crippen LogP contribution in [0.4, 0.5) is 0 Å². The molecule has 1 aromatic rings. The summed E-state index contributed by atoms with van der Waals surface area (Å²) in [6.45, 7) is 3.81. The standard InChI is InChI=1S/C13H20N2OS/c1-10-6-8-17-12(10)9-15(2)13(16)11-5-3-4-7-14-11/h6,8,11,14H,3-5,7,9H2,1-2H3/t11-/m0/s1. The number of nitrogens with zero attached hydrogens (tertiary/aromatic N) is 1. The summed E-state index contributed by atoms with van der Waals surface area (Å²) < 4.78 is 0. The van der Waals surface area contributed by atoms with Gasteiger partial charge in [0.2, 0.25) is 5.91 Å². The van der Waals surface area contributed by atoms with Crippen molar-refractivity contribution in [1.29, 1.82) is 0 Å². The van der Waals surface area contributed by atoms with E-state index in [-0.39, 0.29) is 11.9 Å². The summed E-state index contributed by atoms with van der Waals surface area (Å²) in [5.41, 5.74) is 1.28. The third-order valence-corrected chi connectivity index (χ3v) is 4.34. The van der Waals surface area contributed by atoms with Crippen LogP contribution in [0.5, 0.6) is 0 Å². The van der Waals surface area contributed by atoms with E-state index in [0.29, 0.717) is 0 Å². The molecule has 2 rings (SSSR count). The number of carbonyl (C=O) groups excluding carboxylic acids is 1. The first-order valence-corrected chi connectivity index (χ1v) is 7.08. The minimum atomic E-state index is 0.0361. The first kappa shape index (κ1) is 12.6. The van der Waals surface area contributed by atoms with Gasteiger partial charge in [0.05, 0.1) is 12.6 Å². The Morgan fingerprint density at radius 2 is 2.41 bits per heavy atom. The molecule has 1 N–H and O–H groups in total. The maximum Gasteiger partial charge on any atom is 0.239 e. The van der Waals surface area contributed by atoms with E-state index in [4.69, 9.17) is 0 Å². The molecule has 2 heterocycles. The van der Waals surface area contributed by atoms with E-state index >= 15 is 0 Å². The van der Waals surface area contributed by atoms with Crippen molar-refractivity contribution in [3.63, 3.8) is 0 Å². The van der Waals surface area contributed by atoms with E-state index in [0.717, 1.165) is 25.9 Å². The number of carbonyl (C=O) groups is 1. The molecule has 1 atom stereocenters. The van der Waals surface area contributed by atoms with Gasteiger partial charge in [-0.25, -0.2) is 0 Å². The second-order valence-corrected chi connectivity index (χ2v) is 5.72. The van der Waals surface area contributed by atoms with Crippen molar-refractivity contribution < 1.29 is 4.79 Å². The van der Waals surface area contributed by atoms with Crippen molar-refractivity contribution in [2.24, 2.45) is 0 Å². The number of hydrogen-bond donors (Lipinski definition) is 1. The zero-order chi connectivity index (χ0) is 12.3. The Morgan fingerprint density at radius 1 is 1.59 bits per heavy atom. The molecular weight excluding hydrogens is 232 g/mol. The van der Waals surface area contributed by atoms with E-state index in [9.17, 15) is 4.79 Å². The average Bonchev–Trinajstić information content (AvgIpc) is 2.75. The quantitative estimate of drug-likeness (QED) is 0.894. The van der Waals surface area contributed by atoms with Gasteiger partial charge in [-0.1, -0.05) is 6.42 Å². The van der Waals surface area contributed by atoms with Gasteiger partial charge in [0.1, 0.15) is 0 Å². The van der Waals surface area contributed by atoms with Crippen molar-refractivity contribution in [1.82, 2.24) is 10.2 Å². The minimum Gasteiger partial charge on any atom is -0.339 e.